The molecule has 2 heterocycles. The highest BCUT2D eigenvalue weighted by molar-refractivity contribution is 6.32. The minimum absolute atomic E-state index is 0.0375. The highest BCUT2D eigenvalue weighted by Crippen LogP contribution is 2.27. The van der Waals surface area contributed by atoms with Crippen molar-refractivity contribution in [1.82, 2.24) is 14.8 Å². The van der Waals surface area contributed by atoms with Crippen LogP contribution in [0.2, 0.25) is 5.02 Å². The van der Waals surface area contributed by atoms with E-state index in [0.717, 1.165) is 6.20 Å². The van der Waals surface area contributed by atoms with E-state index in [-0.39, 0.29) is 11.4 Å². The van der Waals surface area contributed by atoms with Gasteiger partial charge in [-0.1, -0.05) is 11.6 Å². The Kier molecular flexibility index (Phi) is 3.17. The Hall–Kier alpha value is -1.75. The highest BCUT2D eigenvalue weighted by atomic mass is 35.5. The van der Waals surface area contributed by atoms with Crippen molar-refractivity contribution in [3.63, 3.8) is 0 Å². The first-order valence-corrected chi connectivity index (χ1v) is 5.66. The lowest BCUT2D eigenvalue weighted by atomic mass is 10.1. The topological polar surface area (TPSA) is 47.8 Å². The lowest BCUT2D eigenvalue weighted by molar-refractivity contribution is -0.114. The molecule has 2 aromatic heterocycles. The minimum atomic E-state index is -0.916. The van der Waals surface area contributed by atoms with Gasteiger partial charge in [-0.3, -0.25) is 9.67 Å². The van der Waals surface area contributed by atoms with E-state index in [1.807, 2.05) is 0 Å². The molecule has 0 fully saturated rings. The van der Waals surface area contributed by atoms with Crippen LogP contribution in [0.1, 0.15) is 13.8 Å². The third-order valence-corrected chi connectivity index (χ3v) is 2.84. The lowest BCUT2D eigenvalue weighted by Gasteiger charge is -2.16. The maximum absolute atomic E-state index is 13.8. The Bertz CT molecular complexity index is 595. The molecule has 2 aromatic rings. The van der Waals surface area contributed by atoms with E-state index < -0.39 is 11.4 Å². The zero-order chi connectivity index (χ0) is 13.3. The standard InChI is InChI=1S/C12H11ClFN3O/c1-12(2,7-18)17-6-9(14)11(16-17)10-8(13)4-3-5-15-10/h3-7H,1-2H3. The average Bonchev–Trinajstić information content (AvgIpc) is 2.73. The maximum atomic E-state index is 13.8. The molecule has 0 aliphatic heterocycles. The Morgan fingerprint density at radius 2 is 2.17 bits per heavy atom. The van der Waals surface area contributed by atoms with Crippen molar-refractivity contribution in [2.75, 3.05) is 0 Å². The van der Waals surface area contributed by atoms with E-state index in [4.69, 9.17) is 11.6 Å². The molecule has 0 aromatic carbocycles. The molecule has 2 rings (SSSR count). The van der Waals surface area contributed by atoms with Gasteiger partial charge in [-0.2, -0.15) is 5.10 Å². The number of hydrogen-bond acceptors (Lipinski definition) is 3. The van der Waals surface area contributed by atoms with Gasteiger partial charge in [0, 0.05) is 6.20 Å². The Balaban J connectivity index is 2.55. The summed E-state index contributed by atoms with van der Waals surface area (Å²) in [5.74, 6) is -0.564. The number of carbonyl (C=O) groups excluding carboxylic acids is 1. The molecule has 0 spiro atoms. The van der Waals surface area contributed by atoms with Gasteiger partial charge in [-0.25, -0.2) is 4.39 Å². The van der Waals surface area contributed by atoms with Crippen LogP contribution in [0, 0.1) is 5.82 Å². The summed E-state index contributed by atoms with van der Waals surface area (Å²) in [7, 11) is 0. The second-order valence-corrected chi connectivity index (χ2v) is 4.78. The zero-order valence-corrected chi connectivity index (χ0v) is 10.6. The van der Waals surface area contributed by atoms with Crippen molar-refractivity contribution in [2.24, 2.45) is 0 Å². The number of carbonyl (C=O) groups is 1. The summed E-state index contributed by atoms with van der Waals surface area (Å²) in [4.78, 5) is 14.9. The molecule has 0 saturated heterocycles. The monoisotopic (exact) mass is 267 g/mol. The van der Waals surface area contributed by atoms with Crippen molar-refractivity contribution >= 4 is 17.9 Å². The molecule has 6 heteroatoms. The molecular weight excluding hydrogens is 257 g/mol. The highest BCUT2D eigenvalue weighted by Gasteiger charge is 2.24. The largest absolute Gasteiger partial charge is 0.301 e. The van der Waals surface area contributed by atoms with E-state index in [1.165, 1.54) is 10.9 Å². The van der Waals surface area contributed by atoms with Crippen LogP contribution in [0.15, 0.2) is 24.5 Å². The molecular formula is C12H11ClFN3O. The van der Waals surface area contributed by atoms with Gasteiger partial charge in [0.2, 0.25) is 0 Å². The van der Waals surface area contributed by atoms with Gasteiger partial charge in [-0.05, 0) is 26.0 Å². The fraction of sp³-hybridized carbons (Fsp3) is 0.250. The number of halogens is 2. The van der Waals surface area contributed by atoms with Gasteiger partial charge in [-0.15, -0.1) is 0 Å². The number of pyridine rings is 1. The Morgan fingerprint density at radius 3 is 2.78 bits per heavy atom. The number of nitrogens with zero attached hydrogens (tertiary/aromatic N) is 3. The van der Waals surface area contributed by atoms with Crippen molar-refractivity contribution in [3.05, 3.63) is 35.4 Å². The molecule has 18 heavy (non-hydrogen) atoms. The summed E-state index contributed by atoms with van der Waals surface area (Å²) in [6.07, 6.45) is 3.36. The van der Waals surface area contributed by atoms with Crippen LogP contribution in [-0.4, -0.2) is 21.1 Å². The molecule has 0 aliphatic rings. The summed E-state index contributed by atoms with van der Waals surface area (Å²) in [6, 6.07) is 3.25. The van der Waals surface area contributed by atoms with Crippen LogP contribution in [0.25, 0.3) is 11.4 Å². The molecule has 0 atom stereocenters. The number of aromatic nitrogens is 3. The number of rotatable bonds is 3. The molecule has 0 bridgehead atoms. The summed E-state index contributed by atoms with van der Waals surface area (Å²) in [5, 5.41) is 4.36. The second kappa shape index (κ2) is 4.49. The maximum Gasteiger partial charge on any atom is 0.170 e. The first-order chi connectivity index (χ1) is 8.45. The summed E-state index contributed by atoms with van der Waals surface area (Å²) < 4.78 is 15.1. The predicted octanol–water partition coefficient (Wildman–Crippen LogP) is 2.67. The van der Waals surface area contributed by atoms with E-state index in [9.17, 15) is 9.18 Å². The first-order valence-electron chi connectivity index (χ1n) is 5.28. The quantitative estimate of drug-likeness (QED) is 0.804. The lowest BCUT2D eigenvalue weighted by Crippen LogP contribution is -2.28. The van der Waals surface area contributed by atoms with Crippen molar-refractivity contribution < 1.29 is 9.18 Å². The van der Waals surface area contributed by atoms with E-state index in [1.54, 1.807) is 26.0 Å². The number of hydrogen-bond donors (Lipinski definition) is 0. The van der Waals surface area contributed by atoms with Crippen LogP contribution >= 0.6 is 11.6 Å². The van der Waals surface area contributed by atoms with Crippen molar-refractivity contribution in [3.8, 4) is 11.4 Å². The summed E-state index contributed by atoms with van der Waals surface area (Å²) >= 11 is 5.94. The average molecular weight is 268 g/mol. The molecule has 0 amide bonds. The van der Waals surface area contributed by atoms with Crippen LogP contribution in [0.4, 0.5) is 4.39 Å². The van der Waals surface area contributed by atoms with Crippen LogP contribution in [-0.2, 0) is 10.3 Å². The minimum Gasteiger partial charge on any atom is -0.301 e. The molecule has 0 radical (unpaired) electrons. The summed E-state index contributed by atoms with van der Waals surface area (Å²) in [5.41, 5.74) is -0.618. The molecule has 0 unspecified atom stereocenters. The molecule has 0 saturated carbocycles. The van der Waals surface area contributed by atoms with Crippen LogP contribution < -0.4 is 0 Å². The normalized spacial score (nSPS) is 11.6. The molecule has 0 N–H and O–H groups in total. The SMILES string of the molecule is CC(C)(C=O)n1cc(F)c(-c2ncccc2Cl)n1. The van der Waals surface area contributed by atoms with Crippen molar-refractivity contribution in [2.45, 2.75) is 19.4 Å². The first kappa shape index (κ1) is 12.7. The third kappa shape index (κ3) is 2.13. The zero-order valence-electron chi connectivity index (χ0n) is 9.89. The van der Waals surface area contributed by atoms with Crippen molar-refractivity contribution in [1.29, 1.82) is 0 Å². The van der Waals surface area contributed by atoms with Gasteiger partial charge in [0.1, 0.15) is 23.2 Å². The van der Waals surface area contributed by atoms with Gasteiger partial charge in [0.05, 0.1) is 11.2 Å². The smallest absolute Gasteiger partial charge is 0.170 e. The number of aldehydes is 1. The predicted molar refractivity (Wildman–Crippen MR) is 65.8 cm³/mol. The van der Waals surface area contributed by atoms with E-state index in [2.05, 4.69) is 10.1 Å². The fourth-order valence-corrected chi connectivity index (χ4v) is 1.63. The molecule has 0 aliphatic carbocycles. The van der Waals surface area contributed by atoms with Gasteiger partial charge in [0.15, 0.2) is 5.82 Å². The van der Waals surface area contributed by atoms with Gasteiger partial charge < -0.3 is 4.79 Å². The van der Waals surface area contributed by atoms with E-state index >= 15 is 0 Å². The van der Waals surface area contributed by atoms with Crippen LogP contribution in [0.3, 0.4) is 0 Å². The van der Waals surface area contributed by atoms with Gasteiger partial charge in [0.25, 0.3) is 0 Å². The Labute approximate surface area is 108 Å². The molecule has 94 valence electrons. The third-order valence-electron chi connectivity index (χ3n) is 2.53. The molecule has 4 nitrogen and oxygen atoms in total. The van der Waals surface area contributed by atoms with Gasteiger partial charge >= 0.3 is 0 Å². The van der Waals surface area contributed by atoms with Crippen LogP contribution in [0.5, 0.6) is 0 Å². The second-order valence-electron chi connectivity index (χ2n) is 4.38. The summed E-state index contributed by atoms with van der Waals surface area (Å²) in [6.45, 7) is 3.27. The Morgan fingerprint density at radius 1 is 1.44 bits per heavy atom. The fourth-order valence-electron chi connectivity index (χ4n) is 1.42. The van der Waals surface area contributed by atoms with E-state index in [0.29, 0.717) is 11.3 Å².